The van der Waals surface area contributed by atoms with E-state index in [0.717, 1.165) is 59.6 Å². The average molecular weight is 349 g/mol. The summed E-state index contributed by atoms with van der Waals surface area (Å²) < 4.78 is 5.91. The molecule has 1 saturated heterocycles. The molecule has 0 aliphatic carbocycles. The molecular formula is C21H23N3O2. The van der Waals surface area contributed by atoms with Crippen LogP contribution in [0.15, 0.2) is 36.4 Å². The predicted octanol–water partition coefficient (Wildman–Crippen LogP) is 3.67. The third-order valence-electron chi connectivity index (χ3n) is 4.77. The van der Waals surface area contributed by atoms with E-state index in [0.29, 0.717) is 5.65 Å². The second kappa shape index (κ2) is 7.02. The van der Waals surface area contributed by atoms with Gasteiger partial charge in [-0.2, -0.15) is 0 Å². The number of ether oxygens (including phenoxy) is 1. The first-order valence-electron chi connectivity index (χ1n) is 9.02. The van der Waals surface area contributed by atoms with Crippen LogP contribution in [-0.2, 0) is 4.74 Å². The quantitative estimate of drug-likeness (QED) is 0.739. The van der Waals surface area contributed by atoms with Gasteiger partial charge in [0, 0.05) is 24.1 Å². The highest BCUT2D eigenvalue weighted by atomic mass is 16.5. The van der Waals surface area contributed by atoms with E-state index in [1.807, 2.05) is 38.1 Å². The minimum absolute atomic E-state index is 0.0538. The fourth-order valence-corrected chi connectivity index (χ4v) is 3.52. The number of pyridine rings is 2. The molecule has 26 heavy (non-hydrogen) atoms. The molecule has 5 heteroatoms. The molecule has 0 bridgehead atoms. The van der Waals surface area contributed by atoms with Crippen LogP contribution < -0.4 is 5.32 Å². The van der Waals surface area contributed by atoms with Crippen LogP contribution in [0.4, 0.5) is 0 Å². The fourth-order valence-electron chi connectivity index (χ4n) is 3.52. The highest BCUT2D eigenvalue weighted by molar-refractivity contribution is 5.81. The summed E-state index contributed by atoms with van der Waals surface area (Å²) in [6, 6.07) is 11.8. The lowest BCUT2D eigenvalue weighted by Gasteiger charge is -2.15. The Kier molecular flexibility index (Phi) is 4.57. The van der Waals surface area contributed by atoms with E-state index in [2.05, 4.69) is 11.4 Å². The number of nitrogens with one attached hydrogen (secondary N) is 1. The Morgan fingerprint density at radius 2 is 1.96 bits per heavy atom. The van der Waals surface area contributed by atoms with Gasteiger partial charge in [0.15, 0.2) is 5.65 Å². The van der Waals surface area contributed by atoms with E-state index >= 15 is 0 Å². The number of phenolic OH excluding ortho intramolecular Hbond substituents is 1. The lowest BCUT2D eigenvalue weighted by molar-refractivity contribution is 0.0641. The van der Waals surface area contributed by atoms with Crippen LogP contribution in [-0.4, -0.2) is 34.8 Å². The topological polar surface area (TPSA) is 67.3 Å². The molecule has 0 saturated carbocycles. The van der Waals surface area contributed by atoms with Crippen LogP contribution in [0.25, 0.3) is 22.3 Å². The van der Waals surface area contributed by atoms with E-state index in [4.69, 9.17) is 14.7 Å². The van der Waals surface area contributed by atoms with Crippen molar-refractivity contribution < 1.29 is 9.84 Å². The highest BCUT2D eigenvalue weighted by Crippen LogP contribution is 2.33. The molecule has 0 spiro atoms. The monoisotopic (exact) mass is 349 g/mol. The Bertz CT molecular complexity index is 924. The first-order chi connectivity index (χ1) is 12.6. The molecule has 1 aromatic carbocycles. The molecule has 4 rings (SSSR count). The zero-order chi connectivity index (χ0) is 18.1. The Morgan fingerprint density at radius 3 is 2.81 bits per heavy atom. The van der Waals surface area contributed by atoms with Gasteiger partial charge in [0.05, 0.1) is 11.4 Å². The number of aromatic nitrogens is 2. The van der Waals surface area contributed by atoms with Gasteiger partial charge in [-0.15, -0.1) is 0 Å². The second-order valence-electron chi connectivity index (χ2n) is 6.87. The van der Waals surface area contributed by atoms with Gasteiger partial charge < -0.3 is 15.2 Å². The number of aromatic hydroxyl groups is 1. The molecule has 3 heterocycles. The summed E-state index contributed by atoms with van der Waals surface area (Å²) in [4.78, 5) is 9.47. The van der Waals surface area contributed by atoms with Crippen LogP contribution in [0, 0.1) is 13.8 Å². The van der Waals surface area contributed by atoms with Crippen LogP contribution in [0.3, 0.4) is 0 Å². The van der Waals surface area contributed by atoms with E-state index in [-0.39, 0.29) is 11.9 Å². The summed E-state index contributed by atoms with van der Waals surface area (Å²) in [5, 5.41) is 14.8. The van der Waals surface area contributed by atoms with Gasteiger partial charge in [0.25, 0.3) is 0 Å². The zero-order valence-corrected chi connectivity index (χ0v) is 15.1. The molecule has 0 unspecified atom stereocenters. The molecule has 134 valence electrons. The molecule has 1 aliphatic rings. The van der Waals surface area contributed by atoms with Gasteiger partial charge in [-0.25, -0.2) is 9.97 Å². The maximum atomic E-state index is 10.4. The van der Waals surface area contributed by atoms with Crippen molar-refractivity contribution in [2.24, 2.45) is 0 Å². The molecule has 3 aromatic rings. The first-order valence-corrected chi connectivity index (χ1v) is 9.02. The second-order valence-corrected chi connectivity index (χ2v) is 6.87. The van der Waals surface area contributed by atoms with Gasteiger partial charge >= 0.3 is 0 Å². The first kappa shape index (κ1) is 16.9. The number of nitrogens with zero attached hydrogens (tertiary/aromatic N) is 2. The molecule has 5 nitrogen and oxygen atoms in total. The summed E-state index contributed by atoms with van der Waals surface area (Å²) >= 11 is 0. The number of aryl methyl sites for hydroxylation is 2. The van der Waals surface area contributed by atoms with E-state index < -0.39 is 0 Å². The van der Waals surface area contributed by atoms with E-state index in [9.17, 15) is 5.11 Å². The van der Waals surface area contributed by atoms with Crippen LogP contribution in [0.1, 0.15) is 29.3 Å². The minimum Gasteiger partial charge on any atom is -0.507 e. The Morgan fingerprint density at radius 1 is 1.12 bits per heavy atom. The third kappa shape index (κ3) is 3.28. The van der Waals surface area contributed by atoms with Crippen molar-refractivity contribution in [3.63, 3.8) is 0 Å². The van der Waals surface area contributed by atoms with Crippen LogP contribution in [0.5, 0.6) is 5.75 Å². The summed E-state index contributed by atoms with van der Waals surface area (Å²) in [6.45, 7) is 6.43. The van der Waals surface area contributed by atoms with E-state index in [1.165, 1.54) is 0 Å². The summed E-state index contributed by atoms with van der Waals surface area (Å²) in [5.74, 6) is 0.252. The van der Waals surface area contributed by atoms with Crippen molar-refractivity contribution in [2.45, 2.75) is 26.4 Å². The summed E-state index contributed by atoms with van der Waals surface area (Å²) in [7, 11) is 0. The molecule has 1 aliphatic heterocycles. The molecule has 0 amide bonds. The predicted molar refractivity (Wildman–Crippen MR) is 102 cm³/mol. The normalized spacial score (nSPS) is 18.0. The van der Waals surface area contributed by atoms with Crippen LogP contribution in [0.2, 0.25) is 0 Å². The maximum absolute atomic E-state index is 10.4. The van der Waals surface area contributed by atoms with Crippen molar-refractivity contribution in [1.82, 2.24) is 15.3 Å². The number of fused-ring (bicyclic) bond motifs is 1. The van der Waals surface area contributed by atoms with Crippen molar-refractivity contribution in [3.05, 3.63) is 53.2 Å². The van der Waals surface area contributed by atoms with Gasteiger partial charge in [0.2, 0.25) is 0 Å². The summed E-state index contributed by atoms with van der Waals surface area (Å²) in [5.41, 5.74) is 5.09. The largest absolute Gasteiger partial charge is 0.507 e. The molecule has 0 radical (unpaired) electrons. The van der Waals surface area contributed by atoms with Crippen molar-refractivity contribution in [1.29, 1.82) is 0 Å². The fraction of sp³-hybridized carbons (Fsp3) is 0.333. The van der Waals surface area contributed by atoms with E-state index in [1.54, 1.807) is 6.07 Å². The Hall–Kier alpha value is -2.50. The lowest BCUT2D eigenvalue weighted by atomic mass is 10.0. The maximum Gasteiger partial charge on any atom is 0.160 e. The molecule has 1 fully saturated rings. The third-order valence-corrected chi connectivity index (χ3v) is 4.77. The average Bonchev–Trinajstić information content (AvgIpc) is 2.89. The molecule has 1 atom stereocenters. The van der Waals surface area contributed by atoms with Gasteiger partial charge in [-0.05, 0) is 68.3 Å². The summed E-state index contributed by atoms with van der Waals surface area (Å²) in [6.07, 6.45) is 0.959. The number of hydrogen-bond acceptors (Lipinski definition) is 5. The molecular weight excluding hydrogens is 326 g/mol. The Labute approximate surface area is 153 Å². The van der Waals surface area contributed by atoms with Crippen molar-refractivity contribution >= 4 is 11.0 Å². The molecule has 2 aromatic heterocycles. The van der Waals surface area contributed by atoms with Gasteiger partial charge in [-0.3, -0.25) is 0 Å². The number of phenols is 1. The zero-order valence-electron chi connectivity index (χ0n) is 15.1. The smallest absolute Gasteiger partial charge is 0.160 e. The molecule has 2 N–H and O–H groups in total. The standard InChI is InChI=1S/C21H23N3O2/c1-13-10-14(2)20(18(25)11-13)17-7-5-15-4-6-16(23-21(15)24-17)19-12-22-8-3-9-26-19/h4-7,10-11,19,22,25H,3,8-9,12H2,1-2H3/t19-/m0/s1. The minimum atomic E-state index is -0.0538. The highest BCUT2D eigenvalue weighted by Gasteiger charge is 2.17. The van der Waals surface area contributed by atoms with Gasteiger partial charge in [-0.1, -0.05) is 6.07 Å². The lowest BCUT2D eigenvalue weighted by Crippen LogP contribution is -2.20. The Balaban J connectivity index is 1.76. The van der Waals surface area contributed by atoms with Gasteiger partial charge in [0.1, 0.15) is 11.9 Å². The number of rotatable bonds is 2. The number of hydrogen-bond donors (Lipinski definition) is 2. The SMILES string of the molecule is Cc1cc(C)c(-c2ccc3ccc([C@@H]4CNCCCO4)nc3n2)c(O)c1. The van der Waals surface area contributed by atoms with Crippen molar-refractivity contribution in [3.8, 4) is 17.0 Å². The van der Waals surface area contributed by atoms with Crippen molar-refractivity contribution in [2.75, 3.05) is 19.7 Å². The van der Waals surface area contributed by atoms with Crippen LogP contribution >= 0.6 is 0 Å². The number of benzene rings is 1.